The Morgan fingerprint density at radius 1 is 1.56 bits per heavy atom. The molecule has 0 aliphatic carbocycles. The summed E-state index contributed by atoms with van der Waals surface area (Å²) in [5, 5.41) is 0. The summed E-state index contributed by atoms with van der Waals surface area (Å²) in [6.45, 7) is 1.99. The van der Waals surface area contributed by atoms with Gasteiger partial charge in [-0.05, 0) is 18.6 Å². The first kappa shape index (κ1) is 11.8. The molecule has 0 saturated heterocycles. The van der Waals surface area contributed by atoms with E-state index in [0.717, 1.165) is 16.5 Å². The zero-order chi connectivity index (χ0) is 11.7. The molecular weight excluding hydrogens is 277 g/mol. The summed E-state index contributed by atoms with van der Waals surface area (Å²) in [5.74, 6) is -0.0205. The van der Waals surface area contributed by atoms with Crippen molar-refractivity contribution in [2.75, 3.05) is 7.11 Å². The normalized spacial score (nSPS) is 23.0. The van der Waals surface area contributed by atoms with E-state index < -0.39 is 0 Å². The second-order valence-electron chi connectivity index (χ2n) is 3.64. The van der Waals surface area contributed by atoms with E-state index in [2.05, 4.69) is 21.4 Å². The largest absolute Gasteiger partial charge is 0.485 e. The third-order valence-corrected chi connectivity index (χ3v) is 3.39. The van der Waals surface area contributed by atoms with Crippen LogP contribution in [0.15, 0.2) is 16.6 Å². The van der Waals surface area contributed by atoms with Crippen LogP contribution >= 0.6 is 15.9 Å². The van der Waals surface area contributed by atoms with E-state index in [9.17, 15) is 4.39 Å². The Kier molecular flexibility index (Phi) is 3.47. The molecule has 1 aromatic carbocycles. The summed E-state index contributed by atoms with van der Waals surface area (Å²) in [6, 6.07) is 2.93. The lowest BCUT2D eigenvalue weighted by Gasteiger charge is -2.17. The van der Waals surface area contributed by atoms with Gasteiger partial charge < -0.3 is 9.57 Å². The number of nitrogens with one attached hydrogen (secondary N) is 1. The summed E-state index contributed by atoms with van der Waals surface area (Å²) in [6.07, 6.45) is 0.671. The van der Waals surface area contributed by atoms with E-state index in [1.807, 2.05) is 6.92 Å². The molecular formula is C11H13BrFNO2. The minimum atomic E-state index is -0.336. The van der Waals surface area contributed by atoms with Crippen LogP contribution < -0.4 is 10.2 Å². The molecule has 2 atom stereocenters. The molecule has 1 aromatic rings. The fourth-order valence-electron chi connectivity index (χ4n) is 1.94. The molecule has 0 fully saturated rings. The number of hydroxylamine groups is 1. The predicted molar refractivity (Wildman–Crippen MR) is 61.7 cm³/mol. The molecule has 0 radical (unpaired) electrons. The topological polar surface area (TPSA) is 30.5 Å². The molecule has 2 rings (SSSR count). The SMILES string of the molecule is CCC1Oc2c(F)ccc(Br)c2C1NOC. The Morgan fingerprint density at radius 2 is 2.31 bits per heavy atom. The quantitative estimate of drug-likeness (QED) is 0.868. The second kappa shape index (κ2) is 4.69. The smallest absolute Gasteiger partial charge is 0.165 e. The molecule has 0 spiro atoms. The van der Waals surface area contributed by atoms with Crippen LogP contribution in [0.4, 0.5) is 4.39 Å². The van der Waals surface area contributed by atoms with E-state index in [4.69, 9.17) is 9.57 Å². The Bertz CT molecular complexity index is 400. The minimum Gasteiger partial charge on any atom is -0.485 e. The molecule has 0 bridgehead atoms. The maximum absolute atomic E-state index is 13.6. The number of rotatable bonds is 3. The Labute approximate surface area is 102 Å². The van der Waals surface area contributed by atoms with Crippen molar-refractivity contribution in [3.63, 3.8) is 0 Å². The van der Waals surface area contributed by atoms with Crippen molar-refractivity contribution in [1.82, 2.24) is 5.48 Å². The summed E-state index contributed by atoms with van der Waals surface area (Å²) in [7, 11) is 1.54. The van der Waals surface area contributed by atoms with Crippen LogP contribution in [0.25, 0.3) is 0 Å². The van der Waals surface area contributed by atoms with Gasteiger partial charge in [0, 0.05) is 10.0 Å². The van der Waals surface area contributed by atoms with Gasteiger partial charge in [0.1, 0.15) is 6.10 Å². The standard InChI is InChI=1S/C11H13BrFNO2/c1-3-8-10(14-15-2)9-6(12)4-5-7(13)11(9)16-8/h4-5,8,10,14H,3H2,1-2H3. The molecule has 16 heavy (non-hydrogen) atoms. The van der Waals surface area contributed by atoms with Gasteiger partial charge in [-0.1, -0.05) is 22.9 Å². The van der Waals surface area contributed by atoms with E-state index in [1.54, 1.807) is 6.07 Å². The van der Waals surface area contributed by atoms with Crippen LogP contribution in [0.1, 0.15) is 24.9 Å². The monoisotopic (exact) mass is 289 g/mol. The van der Waals surface area contributed by atoms with Gasteiger partial charge in [0.15, 0.2) is 11.6 Å². The third-order valence-electron chi connectivity index (χ3n) is 2.69. The lowest BCUT2D eigenvalue weighted by Crippen LogP contribution is -2.29. The summed E-state index contributed by atoms with van der Waals surface area (Å²) >= 11 is 3.41. The highest BCUT2D eigenvalue weighted by molar-refractivity contribution is 9.10. The predicted octanol–water partition coefficient (Wildman–Crippen LogP) is 2.95. The molecule has 1 aliphatic rings. The average molecular weight is 290 g/mol. The highest BCUT2D eigenvalue weighted by Crippen LogP contribution is 2.43. The average Bonchev–Trinajstić information content (AvgIpc) is 2.64. The maximum atomic E-state index is 13.6. The van der Waals surface area contributed by atoms with Gasteiger partial charge in [-0.3, -0.25) is 0 Å². The molecule has 1 heterocycles. The molecule has 0 aromatic heterocycles. The van der Waals surface area contributed by atoms with Gasteiger partial charge in [0.05, 0.1) is 13.2 Å². The number of benzene rings is 1. The van der Waals surface area contributed by atoms with Crippen LogP contribution in [0.3, 0.4) is 0 Å². The van der Waals surface area contributed by atoms with Crippen LogP contribution in [-0.4, -0.2) is 13.2 Å². The van der Waals surface area contributed by atoms with Gasteiger partial charge in [0.25, 0.3) is 0 Å². The highest BCUT2D eigenvalue weighted by atomic mass is 79.9. The van der Waals surface area contributed by atoms with Crippen molar-refractivity contribution >= 4 is 15.9 Å². The Morgan fingerprint density at radius 3 is 2.94 bits per heavy atom. The van der Waals surface area contributed by atoms with E-state index >= 15 is 0 Å². The molecule has 0 saturated carbocycles. The zero-order valence-electron chi connectivity index (χ0n) is 9.09. The lowest BCUT2D eigenvalue weighted by atomic mass is 10.0. The van der Waals surface area contributed by atoms with Crippen molar-refractivity contribution in [3.05, 3.63) is 28.0 Å². The number of hydrogen-bond acceptors (Lipinski definition) is 3. The first-order chi connectivity index (χ1) is 7.69. The second-order valence-corrected chi connectivity index (χ2v) is 4.49. The van der Waals surface area contributed by atoms with Crippen molar-refractivity contribution in [3.8, 4) is 5.75 Å². The van der Waals surface area contributed by atoms with E-state index in [1.165, 1.54) is 13.2 Å². The molecule has 1 N–H and O–H groups in total. The van der Waals surface area contributed by atoms with Crippen LogP contribution in [-0.2, 0) is 4.84 Å². The molecule has 3 nitrogen and oxygen atoms in total. The lowest BCUT2D eigenvalue weighted by molar-refractivity contribution is 0.0278. The van der Waals surface area contributed by atoms with Crippen molar-refractivity contribution in [1.29, 1.82) is 0 Å². The zero-order valence-corrected chi connectivity index (χ0v) is 10.7. The number of hydrogen-bond donors (Lipinski definition) is 1. The minimum absolute atomic E-state index is 0.108. The van der Waals surface area contributed by atoms with Gasteiger partial charge >= 0.3 is 0 Å². The molecule has 88 valence electrons. The number of ether oxygens (including phenoxy) is 1. The van der Waals surface area contributed by atoms with Gasteiger partial charge in [0.2, 0.25) is 0 Å². The maximum Gasteiger partial charge on any atom is 0.165 e. The van der Waals surface area contributed by atoms with E-state index in [-0.39, 0.29) is 18.0 Å². The van der Waals surface area contributed by atoms with Crippen molar-refractivity contribution < 1.29 is 14.0 Å². The van der Waals surface area contributed by atoms with Crippen LogP contribution in [0.2, 0.25) is 0 Å². The molecule has 0 amide bonds. The van der Waals surface area contributed by atoms with Crippen molar-refractivity contribution in [2.45, 2.75) is 25.5 Å². The van der Waals surface area contributed by atoms with Gasteiger partial charge in [-0.15, -0.1) is 0 Å². The van der Waals surface area contributed by atoms with Crippen molar-refractivity contribution in [2.24, 2.45) is 0 Å². The van der Waals surface area contributed by atoms with Crippen LogP contribution in [0, 0.1) is 5.82 Å². The summed E-state index contributed by atoms with van der Waals surface area (Å²) in [4.78, 5) is 4.94. The first-order valence-electron chi connectivity index (χ1n) is 5.12. The molecule has 2 unspecified atom stereocenters. The van der Waals surface area contributed by atoms with Crippen LogP contribution in [0.5, 0.6) is 5.75 Å². The van der Waals surface area contributed by atoms with Gasteiger partial charge in [-0.2, -0.15) is 5.48 Å². The Balaban J connectivity index is 2.45. The molecule has 5 heteroatoms. The third kappa shape index (κ3) is 1.83. The summed E-state index contributed by atoms with van der Waals surface area (Å²) in [5.41, 5.74) is 3.63. The van der Waals surface area contributed by atoms with Gasteiger partial charge in [-0.25, -0.2) is 4.39 Å². The fraction of sp³-hybridized carbons (Fsp3) is 0.455. The van der Waals surface area contributed by atoms with E-state index in [0.29, 0.717) is 5.75 Å². The number of fused-ring (bicyclic) bond motifs is 1. The first-order valence-corrected chi connectivity index (χ1v) is 5.91. The molecule has 1 aliphatic heterocycles. The highest BCUT2D eigenvalue weighted by Gasteiger charge is 2.37. The fourth-order valence-corrected chi connectivity index (χ4v) is 2.50. The number of halogens is 2. The Hall–Kier alpha value is -0.650. The summed E-state index contributed by atoms with van der Waals surface area (Å²) < 4.78 is 20.0.